The van der Waals surface area contributed by atoms with E-state index in [2.05, 4.69) is 26.6 Å². The molecule has 18 nitrogen and oxygen atoms in total. The quantitative estimate of drug-likeness (QED) is 0.0708. The highest BCUT2D eigenvalue weighted by atomic mass is 127. The van der Waals surface area contributed by atoms with Crippen molar-refractivity contribution in [3.63, 3.8) is 0 Å². The lowest BCUT2D eigenvalue weighted by Crippen LogP contribution is -2.37. The second-order valence-electron chi connectivity index (χ2n) is 11.0. The maximum absolute atomic E-state index is 13.9. The van der Waals surface area contributed by atoms with Crippen molar-refractivity contribution in [1.29, 1.82) is 0 Å². The summed E-state index contributed by atoms with van der Waals surface area (Å²) in [5.74, 6) is -4.11. The van der Waals surface area contributed by atoms with Gasteiger partial charge in [0.05, 0.1) is 73.3 Å². The van der Waals surface area contributed by atoms with Crippen molar-refractivity contribution >= 4 is 182 Å². The van der Waals surface area contributed by atoms with Crippen LogP contribution in [0.4, 0.5) is 11.4 Å². The second kappa shape index (κ2) is 23.7. The first-order valence-electron chi connectivity index (χ1n) is 15.3. The third-order valence-electron chi connectivity index (χ3n) is 7.07. The maximum Gasteiger partial charge on any atom is 0.255 e. The van der Waals surface area contributed by atoms with Crippen LogP contribution >= 0.6 is 136 Å². The molecule has 0 aliphatic heterocycles. The molecular weight excluding hydrogens is 1400 g/mol. The van der Waals surface area contributed by atoms with E-state index in [0.717, 1.165) is 0 Å². The predicted octanol–water partition coefficient (Wildman–Crippen LogP) is 0.234. The van der Waals surface area contributed by atoms with Crippen molar-refractivity contribution in [2.45, 2.75) is 18.6 Å². The Morgan fingerprint density at radius 1 is 0.574 bits per heavy atom. The molecule has 0 bridgehead atoms. The summed E-state index contributed by atoms with van der Waals surface area (Å²) in [6.45, 7) is -3.37. The minimum atomic E-state index is -1.24. The molecule has 54 heavy (non-hydrogen) atoms. The fraction of sp³-hybridized carbons (Fsp3) is 0.400. The summed E-state index contributed by atoms with van der Waals surface area (Å²) in [7, 11) is 1.50. The van der Waals surface area contributed by atoms with Gasteiger partial charge in [-0.15, -0.1) is 0 Å². The Morgan fingerprint density at radius 3 is 1.30 bits per heavy atom. The molecule has 0 saturated carbocycles. The van der Waals surface area contributed by atoms with Crippen LogP contribution in [0.25, 0.3) is 0 Å². The van der Waals surface area contributed by atoms with Crippen LogP contribution in [0, 0.1) is 21.4 Å². The zero-order valence-electron chi connectivity index (χ0n) is 27.9. The minimum Gasteiger partial charge on any atom is -0.394 e. The van der Waals surface area contributed by atoms with Crippen molar-refractivity contribution in [2.75, 3.05) is 70.3 Å². The summed E-state index contributed by atoms with van der Waals surface area (Å²) in [5, 5.41) is 69.2. The second-order valence-corrected chi connectivity index (χ2v) is 17.4. The monoisotopic (exact) mass is 1430 g/mol. The normalized spacial score (nSPS) is 12.0. The molecule has 0 spiro atoms. The summed E-state index contributed by atoms with van der Waals surface area (Å²) in [6, 6.07) is 0. The first-order valence-corrected chi connectivity index (χ1v) is 21.8. The van der Waals surface area contributed by atoms with Gasteiger partial charge in [0, 0.05) is 40.4 Å². The molecule has 6 amide bonds. The van der Waals surface area contributed by atoms with Crippen LogP contribution in [-0.4, -0.2) is 143 Å². The van der Waals surface area contributed by atoms with Crippen LogP contribution in [0.1, 0.15) is 47.9 Å². The number of halogens is 6. The average molecular weight is 1430 g/mol. The Labute approximate surface area is 390 Å². The van der Waals surface area contributed by atoms with E-state index in [4.69, 9.17) is 10.2 Å². The number of aliphatic hydroxyl groups is 6. The third kappa shape index (κ3) is 13.0. The van der Waals surface area contributed by atoms with Crippen molar-refractivity contribution in [3.8, 4) is 0 Å². The molecule has 2 atom stereocenters. The van der Waals surface area contributed by atoms with Gasteiger partial charge in [-0.2, -0.15) is 0 Å². The number of benzene rings is 2. The minimum absolute atomic E-state index is 0.0133. The lowest BCUT2D eigenvalue weighted by atomic mass is 10.1. The number of amides is 6. The standard InChI is InChI=1S/C30H34I6N6O12/c1-42(30(54)18-20(32)17(29(53)39-6-12(48)8-44)23(35)26(24(18)36)41-14(50)10-46)4-2-3-37-27(51)15-19(31)16(28(52)38-5-11(47)7-43)22(34)25(21(15)33)40-13(49)9-45/h11-12,43-48H,2-10H2,1H3,(H,37,51)(H,38,52)(H,39,53)(H,40,49)(H,41,50). The number of aliphatic hydroxyl groups excluding tert-OH is 6. The van der Waals surface area contributed by atoms with E-state index < -0.39 is 74.1 Å². The zero-order valence-corrected chi connectivity index (χ0v) is 40.8. The maximum atomic E-state index is 13.9. The van der Waals surface area contributed by atoms with Gasteiger partial charge < -0.3 is 62.1 Å². The molecule has 0 aliphatic carbocycles. The summed E-state index contributed by atoms with van der Waals surface area (Å²) in [4.78, 5) is 79.5. The van der Waals surface area contributed by atoms with Gasteiger partial charge in [-0.1, -0.05) is 0 Å². The Hall–Kier alpha value is -0.600. The molecule has 2 aromatic rings. The van der Waals surface area contributed by atoms with Crippen LogP contribution in [-0.2, 0) is 9.59 Å². The highest BCUT2D eigenvalue weighted by Crippen LogP contribution is 2.37. The number of nitrogens with one attached hydrogen (secondary N) is 5. The first kappa shape index (κ1) is 49.5. The van der Waals surface area contributed by atoms with E-state index in [9.17, 15) is 49.2 Å². The van der Waals surface area contributed by atoms with E-state index in [1.165, 1.54) is 11.9 Å². The number of rotatable bonds is 18. The number of anilines is 2. The number of nitrogens with zero attached hydrogens (tertiary/aromatic N) is 1. The molecule has 0 aliphatic rings. The van der Waals surface area contributed by atoms with E-state index in [1.807, 2.05) is 136 Å². The summed E-state index contributed by atoms with van der Waals surface area (Å²) >= 11 is 11.0. The zero-order chi connectivity index (χ0) is 41.0. The van der Waals surface area contributed by atoms with E-state index in [-0.39, 0.29) is 87.6 Å². The van der Waals surface area contributed by atoms with Gasteiger partial charge in [-0.3, -0.25) is 28.8 Å². The van der Waals surface area contributed by atoms with Crippen LogP contribution in [0.15, 0.2) is 0 Å². The molecule has 2 rings (SSSR count). The van der Waals surface area contributed by atoms with Crippen LogP contribution in [0.2, 0.25) is 0 Å². The lowest BCUT2D eigenvalue weighted by Gasteiger charge is -2.23. The number of carbonyl (C=O) groups excluding carboxylic acids is 6. The number of hydrogen-bond acceptors (Lipinski definition) is 12. The summed E-state index contributed by atoms with van der Waals surface area (Å²) in [5.41, 5.74) is 0.364. The Bertz CT molecular complexity index is 1790. The molecule has 2 aromatic carbocycles. The molecule has 0 fully saturated rings. The molecule has 298 valence electrons. The Balaban J connectivity index is 2.38. The van der Waals surface area contributed by atoms with Crippen molar-refractivity contribution in [2.24, 2.45) is 0 Å². The van der Waals surface area contributed by atoms with E-state index in [0.29, 0.717) is 0 Å². The first-order chi connectivity index (χ1) is 25.4. The van der Waals surface area contributed by atoms with E-state index in [1.54, 1.807) is 0 Å². The molecule has 0 radical (unpaired) electrons. The van der Waals surface area contributed by atoms with Gasteiger partial charge in [-0.25, -0.2) is 0 Å². The Morgan fingerprint density at radius 2 is 0.926 bits per heavy atom. The van der Waals surface area contributed by atoms with Crippen molar-refractivity contribution in [1.82, 2.24) is 20.9 Å². The molecule has 11 N–H and O–H groups in total. The van der Waals surface area contributed by atoms with Crippen LogP contribution in [0.3, 0.4) is 0 Å². The van der Waals surface area contributed by atoms with Gasteiger partial charge >= 0.3 is 0 Å². The van der Waals surface area contributed by atoms with Crippen LogP contribution < -0.4 is 26.6 Å². The molecule has 2 unspecified atom stereocenters. The van der Waals surface area contributed by atoms with Gasteiger partial charge in [0.1, 0.15) is 13.2 Å². The molecule has 0 heterocycles. The van der Waals surface area contributed by atoms with Crippen molar-refractivity contribution < 1.29 is 59.4 Å². The number of carbonyl (C=O) groups is 6. The topological polar surface area (TPSA) is 287 Å². The fourth-order valence-electron chi connectivity index (χ4n) is 4.32. The van der Waals surface area contributed by atoms with Crippen LogP contribution in [0.5, 0.6) is 0 Å². The molecule has 24 heteroatoms. The molecule has 0 saturated heterocycles. The highest BCUT2D eigenvalue weighted by Gasteiger charge is 2.31. The molecule has 0 aromatic heterocycles. The SMILES string of the molecule is CN(CCCNC(=O)c1c(I)c(NC(=O)CO)c(I)c(C(=O)NCC(O)CO)c1I)C(=O)c1c(I)c(NC(=O)CO)c(I)c(C(=O)NCC(O)CO)c1I. The number of hydrogen-bond donors (Lipinski definition) is 11. The van der Waals surface area contributed by atoms with Gasteiger partial charge in [0.15, 0.2) is 0 Å². The summed E-state index contributed by atoms with van der Waals surface area (Å²) < 4.78 is 1.56. The Kier molecular flexibility index (Phi) is 21.8. The molecular formula is C30H34I6N6O12. The van der Waals surface area contributed by atoms with Crippen molar-refractivity contribution in [3.05, 3.63) is 43.7 Å². The highest BCUT2D eigenvalue weighted by molar-refractivity contribution is 14.1. The average Bonchev–Trinajstić information content (AvgIpc) is 3.14. The lowest BCUT2D eigenvalue weighted by molar-refractivity contribution is -0.119. The van der Waals surface area contributed by atoms with Gasteiger partial charge in [0.25, 0.3) is 23.6 Å². The predicted molar refractivity (Wildman–Crippen MR) is 245 cm³/mol. The van der Waals surface area contributed by atoms with Gasteiger partial charge in [-0.05, 0) is 142 Å². The van der Waals surface area contributed by atoms with E-state index >= 15 is 0 Å². The largest absolute Gasteiger partial charge is 0.394 e. The fourth-order valence-corrected chi connectivity index (χ4v) is 13.1. The van der Waals surface area contributed by atoms with Gasteiger partial charge in [0.2, 0.25) is 11.8 Å². The third-order valence-corrected chi connectivity index (χ3v) is 13.5. The smallest absolute Gasteiger partial charge is 0.255 e. The summed E-state index contributed by atoms with van der Waals surface area (Å²) in [6.07, 6.45) is -2.25.